The van der Waals surface area contributed by atoms with Gasteiger partial charge in [-0.05, 0) is 72.4 Å². The fourth-order valence-corrected chi connectivity index (χ4v) is 5.38. The summed E-state index contributed by atoms with van der Waals surface area (Å²) in [6.07, 6.45) is 1.86. The van der Waals surface area contributed by atoms with Gasteiger partial charge >= 0.3 is 0 Å². The van der Waals surface area contributed by atoms with E-state index < -0.39 is 0 Å². The number of pyridine rings is 1. The number of nitrogens with zero attached hydrogens (tertiary/aromatic N) is 1. The molecule has 1 heteroatoms. The van der Waals surface area contributed by atoms with Crippen LogP contribution in [0.4, 0.5) is 0 Å². The number of aromatic nitrogens is 1. The summed E-state index contributed by atoms with van der Waals surface area (Å²) >= 11 is 0. The van der Waals surface area contributed by atoms with E-state index >= 15 is 0 Å². The van der Waals surface area contributed by atoms with Gasteiger partial charge in [0.1, 0.15) is 0 Å². The van der Waals surface area contributed by atoms with Crippen LogP contribution < -0.4 is 0 Å². The monoisotopic (exact) mass is 431 g/mol. The fraction of sp³-hybridized carbons (Fsp3) is 0. The molecule has 0 bridgehead atoms. The number of rotatable bonds is 2. The van der Waals surface area contributed by atoms with E-state index in [0.29, 0.717) is 0 Å². The molecule has 34 heavy (non-hydrogen) atoms. The van der Waals surface area contributed by atoms with Gasteiger partial charge in [-0.25, -0.2) is 0 Å². The molecule has 7 rings (SSSR count). The SMILES string of the molecule is c1ccc(-c2cccc3c(-c4ccc5c6ccccc6c6ccccc6c5c4)cccc23)nc1. The summed E-state index contributed by atoms with van der Waals surface area (Å²) in [6, 6.07) is 43.6. The Morgan fingerprint density at radius 3 is 1.53 bits per heavy atom. The average molecular weight is 432 g/mol. The van der Waals surface area contributed by atoms with Gasteiger partial charge in [0.2, 0.25) is 0 Å². The van der Waals surface area contributed by atoms with Crippen LogP contribution in [-0.2, 0) is 0 Å². The summed E-state index contributed by atoms with van der Waals surface area (Å²) in [6.45, 7) is 0. The minimum absolute atomic E-state index is 1.00. The summed E-state index contributed by atoms with van der Waals surface area (Å²) in [7, 11) is 0. The van der Waals surface area contributed by atoms with E-state index in [0.717, 1.165) is 11.3 Å². The molecule has 0 radical (unpaired) electrons. The van der Waals surface area contributed by atoms with Crippen molar-refractivity contribution in [1.82, 2.24) is 4.98 Å². The van der Waals surface area contributed by atoms with E-state index in [4.69, 9.17) is 0 Å². The van der Waals surface area contributed by atoms with Crippen molar-refractivity contribution in [2.75, 3.05) is 0 Å². The first-order valence-corrected chi connectivity index (χ1v) is 11.7. The highest BCUT2D eigenvalue weighted by Crippen LogP contribution is 2.39. The molecule has 0 saturated carbocycles. The molecular formula is C33H21N. The molecule has 0 aliphatic heterocycles. The van der Waals surface area contributed by atoms with Gasteiger partial charge in [-0.15, -0.1) is 0 Å². The van der Waals surface area contributed by atoms with Gasteiger partial charge in [-0.1, -0.05) is 103 Å². The smallest absolute Gasteiger partial charge is 0.0708 e. The number of hydrogen-bond donors (Lipinski definition) is 0. The topological polar surface area (TPSA) is 12.9 Å². The van der Waals surface area contributed by atoms with Crippen LogP contribution in [0.1, 0.15) is 0 Å². The maximum Gasteiger partial charge on any atom is 0.0708 e. The van der Waals surface area contributed by atoms with Crippen LogP contribution in [-0.4, -0.2) is 4.98 Å². The van der Waals surface area contributed by atoms with E-state index in [-0.39, 0.29) is 0 Å². The minimum atomic E-state index is 1.00. The Kier molecular flexibility index (Phi) is 4.22. The lowest BCUT2D eigenvalue weighted by atomic mass is 9.90. The predicted octanol–water partition coefficient (Wildman–Crippen LogP) is 9.03. The van der Waals surface area contributed by atoms with Crippen molar-refractivity contribution < 1.29 is 0 Å². The Balaban J connectivity index is 1.53. The van der Waals surface area contributed by atoms with Crippen LogP contribution in [0, 0.1) is 0 Å². The summed E-state index contributed by atoms with van der Waals surface area (Å²) in [5, 5.41) is 10.3. The minimum Gasteiger partial charge on any atom is -0.256 e. The van der Waals surface area contributed by atoms with Gasteiger partial charge in [0.05, 0.1) is 5.69 Å². The second-order valence-electron chi connectivity index (χ2n) is 8.77. The van der Waals surface area contributed by atoms with Crippen molar-refractivity contribution in [3.8, 4) is 22.4 Å². The van der Waals surface area contributed by atoms with Crippen LogP contribution >= 0.6 is 0 Å². The molecule has 1 heterocycles. The predicted molar refractivity (Wildman–Crippen MR) is 145 cm³/mol. The third-order valence-corrected chi connectivity index (χ3v) is 6.92. The quantitative estimate of drug-likeness (QED) is 0.249. The van der Waals surface area contributed by atoms with E-state index in [1.165, 1.54) is 54.2 Å². The molecule has 7 aromatic rings. The molecule has 0 atom stereocenters. The third-order valence-electron chi connectivity index (χ3n) is 6.92. The molecule has 6 aromatic carbocycles. The van der Waals surface area contributed by atoms with Gasteiger partial charge in [0.25, 0.3) is 0 Å². The molecule has 0 aliphatic carbocycles. The molecule has 0 aliphatic rings. The molecule has 0 saturated heterocycles. The van der Waals surface area contributed by atoms with E-state index in [1.807, 2.05) is 18.3 Å². The maximum absolute atomic E-state index is 4.61. The summed E-state index contributed by atoms with van der Waals surface area (Å²) < 4.78 is 0. The average Bonchev–Trinajstić information content (AvgIpc) is 2.93. The molecule has 0 fully saturated rings. The van der Waals surface area contributed by atoms with Gasteiger partial charge in [0, 0.05) is 11.8 Å². The number of hydrogen-bond acceptors (Lipinski definition) is 1. The van der Waals surface area contributed by atoms with Crippen molar-refractivity contribution >= 4 is 43.1 Å². The van der Waals surface area contributed by atoms with E-state index in [2.05, 4.69) is 114 Å². The lowest BCUT2D eigenvalue weighted by Crippen LogP contribution is -1.88. The van der Waals surface area contributed by atoms with Gasteiger partial charge in [-0.3, -0.25) is 4.98 Å². The standard InChI is InChI=1S/C33H21N/c1-2-11-27-25(9-1)26-10-3-4-12-29(26)32-21-22(18-19-30(27)32)23-13-7-15-28-24(23)14-8-16-31(28)33-17-5-6-20-34-33/h1-21H. The lowest BCUT2D eigenvalue weighted by molar-refractivity contribution is 1.33. The first-order valence-electron chi connectivity index (χ1n) is 11.7. The Bertz CT molecular complexity index is 1810. The Labute approximate surface area is 197 Å². The fourth-order valence-electron chi connectivity index (χ4n) is 5.38. The second kappa shape index (κ2) is 7.54. The molecule has 1 aromatic heterocycles. The highest BCUT2D eigenvalue weighted by Gasteiger charge is 2.12. The van der Waals surface area contributed by atoms with Crippen LogP contribution in [0.3, 0.4) is 0 Å². The van der Waals surface area contributed by atoms with Crippen LogP contribution in [0.2, 0.25) is 0 Å². The molecule has 0 spiro atoms. The largest absolute Gasteiger partial charge is 0.256 e. The van der Waals surface area contributed by atoms with E-state index in [1.54, 1.807) is 0 Å². The van der Waals surface area contributed by atoms with Crippen LogP contribution in [0.5, 0.6) is 0 Å². The Morgan fingerprint density at radius 2 is 0.882 bits per heavy atom. The second-order valence-corrected chi connectivity index (χ2v) is 8.77. The highest BCUT2D eigenvalue weighted by molar-refractivity contribution is 6.26. The third kappa shape index (κ3) is 2.84. The lowest BCUT2D eigenvalue weighted by Gasteiger charge is -2.14. The van der Waals surface area contributed by atoms with Crippen LogP contribution in [0.15, 0.2) is 128 Å². The van der Waals surface area contributed by atoms with Crippen LogP contribution in [0.25, 0.3) is 65.5 Å². The normalized spacial score (nSPS) is 11.5. The van der Waals surface area contributed by atoms with Crippen molar-refractivity contribution in [2.24, 2.45) is 0 Å². The van der Waals surface area contributed by atoms with Gasteiger partial charge in [-0.2, -0.15) is 0 Å². The number of benzene rings is 6. The molecule has 0 unspecified atom stereocenters. The number of fused-ring (bicyclic) bond motifs is 7. The highest BCUT2D eigenvalue weighted by atomic mass is 14.7. The van der Waals surface area contributed by atoms with Gasteiger partial charge < -0.3 is 0 Å². The van der Waals surface area contributed by atoms with Gasteiger partial charge in [0.15, 0.2) is 0 Å². The first kappa shape index (κ1) is 19.0. The molecular weight excluding hydrogens is 410 g/mol. The Hall–Kier alpha value is -4.49. The molecule has 0 amide bonds. The maximum atomic E-state index is 4.61. The zero-order chi connectivity index (χ0) is 22.5. The van der Waals surface area contributed by atoms with Crippen molar-refractivity contribution in [3.05, 3.63) is 128 Å². The van der Waals surface area contributed by atoms with Crippen molar-refractivity contribution in [3.63, 3.8) is 0 Å². The zero-order valence-corrected chi connectivity index (χ0v) is 18.6. The molecule has 1 nitrogen and oxygen atoms in total. The zero-order valence-electron chi connectivity index (χ0n) is 18.6. The van der Waals surface area contributed by atoms with E-state index in [9.17, 15) is 0 Å². The molecule has 158 valence electrons. The summed E-state index contributed by atoms with van der Waals surface area (Å²) in [4.78, 5) is 4.61. The Morgan fingerprint density at radius 1 is 0.353 bits per heavy atom. The summed E-state index contributed by atoms with van der Waals surface area (Å²) in [5.41, 5.74) is 4.64. The molecule has 0 N–H and O–H groups in total. The van der Waals surface area contributed by atoms with Crippen molar-refractivity contribution in [2.45, 2.75) is 0 Å². The first-order chi connectivity index (χ1) is 16.9. The summed E-state index contributed by atoms with van der Waals surface area (Å²) in [5.74, 6) is 0. The van der Waals surface area contributed by atoms with Crippen molar-refractivity contribution in [1.29, 1.82) is 0 Å².